The fourth-order valence-electron chi connectivity index (χ4n) is 2.81. The maximum atomic E-state index is 6.32. The number of likely N-dealkylation sites (tertiary alicyclic amines) is 1. The molecule has 1 saturated heterocycles. The van der Waals surface area contributed by atoms with E-state index in [1.165, 1.54) is 30.4 Å². The van der Waals surface area contributed by atoms with E-state index < -0.39 is 0 Å². The normalized spacial score (nSPS) is 23.0. The predicted molar refractivity (Wildman–Crippen MR) is 77.9 cm³/mol. The van der Waals surface area contributed by atoms with Crippen molar-refractivity contribution in [3.8, 4) is 0 Å². The van der Waals surface area contributed by atoms with Gasteiger partial charge in [0.1, 0.15) is 0 Å². The highest BCUT2D eigenvalue weighted by Gasteiger charge is 2.25. The summed E-state index contributed by atoms with van der Waals surface area (Å²) < 4.78 is 0. The number of piperidine rings is 1. The van der Waals surface area contributed by atoms with Crippen LogP contribution in [0.1, 0.15) is 37.3 Å². The topological polar surface area (TPSA) is 29.3 Å². The SMILES string of the molecule is Cc1ccc(CN2CCCCC2C(C)N)c(Cl)c1. The van der Waals surface area contributed by atoms with Crippen molar-refractivity contribution in [2.24, 2.45) is 5.73 Å². The Labute approximate surface area is 115 Å². The van der Waals surface area contributed by atoms with Gasteiger partial charge >= 0.3 is 0 Å². The molecule has 0 radical (unpaired) electrons. The quantitative estimate of drug-likeness (QED) is 0.909. The first-order chi connectivity index (χ1) is 8.58. The van der Waals surface area contributed by atoms with Crippen LogP contribution in [0.2, 0.25) is 5.02 Å². The molecule has 1 aliphatic rings. The Morgan fingerprint density at radius 2 is 2.22 bits per heavy atom. The van der Waals surface area contributed by atoms with Gasteiger partial charge in [-0.15, -0.1) is 0 Å². The summed E-state index contributed by atoms with van der Waals surface area (Å²) in [6.07, 6.45) is 3.78. The lowest BCUT2D eigenvalue weighted by Crippen LogP contribution is -2.48. The summed E-state index contributed by atoms with van der Waals surface area (Å²) in [5.74, 6) is 0. The van der Waals surface area contributed by atoms with E-state index in [-0.39, 0.29) is 6.04 Å². The number of nitrogens with two attached hydrogens (primary N) is 1. The van der Waals surface area contributed by atoms with Crippen molar-refractivity contribution in [1.29, 1.82) is 0 Å². The smallest absolute Gasteiger partial charge is 0.0453 e. The molecule has 1 aliphatic heterocycles. The monoisotopic (exact) mass is 266 g/mol. The molecule has 18 heavy (non-hydrogen) atoms. The van der Waals surface area contributed by atoms with Crippen LogP contribution in [-0.2, 0) is 6.54 Å². The molecular formula is C15H23ClN2. The van der Waals surface area contributed by atoms with E-state index >= 15 is 0 Å². The second kappa shape index (κ2) is 6.05. The number of nitrogens with zero attached hydrogens (tertiary/aromatic N) is 1. The number of aryl methyl sites for hydroxylation is 1. The molecule has 0 saturated carbocycles. The van der Waals surface area contributed by atoms with Crippen molar-refractivity contribution in [1.82, 2.24) is 4.90 Å². The average Bonchev–Trinajstić information content (AvgIpc) is 2.33. The molecule has 2 unspecified atom stereocenters. The summed E-state index contributed by atoms with van der Waals surface area (Å²) in [5.41, 5.74) is 8.53. The maximum Gasteiger partial charge on any atom is 0.0453 e. The van der Waals surface area contributed by atoms with Crippen molar-refractivity contribution >= 4 is 11.6 Å². The highest BCUT2D eigenvalue weighted by atomic mass is 35.5. The van der Waals surface area contributed by atoms with Gasteiger partial charge < -0.3 is 5.73 Å². The van der Waals surface area contributed by atoms with Crippen LogP contribution in [-0.4, -0.2) is 23.5 Å². The fourth-order valence-corrected chi connectivity index (χ4v) is 3.10. The van der Waals surface area contributed by atoms with Crippen LogP contribution in [0.4, 0.5) is 0 Å². The second-order valence-electron chi connectivity index (χ2n) is 5.49. The molecule has 0 aliphatic carbocycles. The van der Waals surface area contributed by atoms with Gasteiger partial charge in [-0.05, 0) is 50.4 Å². The third-order valence-electron chi connectivity index (χ3n) is 3.85. The number of halogens is 1. The lowest BCUT2D eigenvalue weighted by molar-refractivity contribution is 0.123. The molecular weight excluding hydrogens is 244 g/mol. The molecule has 0 bridgehead atoms. The third kappa shape index (κ3) is 3.25. The number of hydrogen-bond acceptors (Lipinski definition) is 2. The van der Waals surface area contributed by atoms with Crippen LogP contribution < -0.4 is 5.73 Å². The van der Waals surface area contributed by atoms with Gasteiger partial charge in [-0.3, -0.25) is 4.90 Å². The Hall–Kier alpha value is -0.570. The van der Waals surface area contributed by atoms with Gasteiger partial charge in [0.05, 0.1) is 0 Å². The summed E-state index contributed by atoms with van der Waals surface area (Å²) in [7, 11) is 0. The van der Waals surface area contributed by atoms with Crippen molar-refractivity contribution in [2.45, 2.75) is 51.7 Å². The van der Waals surface area contributed by atoms with Crippen LogP contribution in [0, 0.1) is 6.92 Å². The van der Waals surface area contributed by atoms with E-state index in [4.69, 9.17) is 17.3 Å². The molecule has 2 rings (SSSR count). The Morgan fingerprint density at radius 3 is 2.89 bits per heavy atom. The largest absolute Gasteiger partial charge is 0.327 e. The molecule has 0 amide bonds. The lowest BCUT2D eigenvalue weighted by atomic mass is 9.96. The summed E-state index contributed by atoms with van der Waals surface area (Å²) >= 11 is 6.32. The summed E-state index contributed by atoms with van der Waals surface area (Å²) in [5, 5.41) is 0.879. The van der Waals surface area contributed by atoms with Gasteiger partial charge in [0, 0.05) is 23.7 Å². The molecule has 1 fully saturated rings. The third-order valence-corrected chi connectivity index (χ3v) is 4.21. The minimum absolute atomic E-state index is 0.231. The van der Waals surface area contributed by atoms with E-state index in [1.807, 2.05) is 6.07 Å². The first kappa shape index (κ1) is 13.9. The van der Waals surface area contributed by atoms with Gasteiger partial charge in [0.2, 0.25) is 0 Å². The lowest BCUT2D eigenvalue weighted by Gasteiger charge is -2.38. The predicted octanol–water partition coefficient (Wildman–Crippen LogP) is 3.35. The minimum Gasteiger partial charge on any atom is -0.327 e. The van der Waals surface area contributed by atoms with Gasteiger partial charge in [-0.25, -0.2) is 0 Å². The number of rotatable bonds is 3. The van der Waals surface area contributed by atoms with Gasteiger partial charge in [0.25, 0.3) is 0 Å². The Bertz CT molecular complexity index is 403. The molecule has 3 heteroatoms. The fraction of sp³-hybridized carbons (Fsp3) is 0.600. The maximum absolute atomic E-state index is 6.32. The standard InChI is InChI=1S/C15H23ClN2/c1-11-6-7-13(14(16)9-11)10-18-8-4-3-5-15(18)12(2)17/h6-7,9,12,15H,3-5,8,10,17H2,1-2H3. The Balaban J connectivity index is 2.11. The van der Waals surface area contributed by atoms with E-state index in [9.17, 15) is 0 Å². The van der Waals surface area contributed by atoms with Gasteiger partial charge in [-0.1, -0.05) is 30.2 Å². The van der Waals surface area contributed by atoms with Crippen LogP contribution in [0.15, 0.2) is 18.2 Å². The summed E-state index contributed by atoms with van der Waals surface area (Å²) in [4.78, 5) is 2.49. The van der Waals surface area contributed by atoms with Crippen molar-refractivity contribution < 1.29 is 0 Å². The molecule has 1 aromatic carbocycles. The number of benzene rings is 1. The van der Waals surface area contributed by atoms with Crippen molar-refractivity contribution in [3.63, 3.8) is 0 Å². The zero-order chi connectivity index (χ0) is 13.1. The molecule has 1 aromatic rings. The highest BCUT2D eigenvalue weighted by molar-refractivity contribution is 6.31. The van der Waals surface area contributed by atoms with E-state index in [1.54, 1.807) is 0 Å². The first-order valence-electron chi connectivity index (χ1n) is 6.82. The number of hydrogen-bond donors (Lipinski definition) is 1. The molecule has 2 N–H and O–H groups in total. The first-order valence-corrected chi connectivity index (χ1v) is 7.20. The zero-order valence-electron chi connectivity index (χ0n) is 11.3. The van der Waals surface area contributed by atoms with Crippen LogP contribution in [0.3, 0.4) is 0 Å². The summed E-state index contributed by atoms with van der Waals surface area (Å²) in [6, 6.07) is 7.05. The average molecular weight is 267 g/mol. The molecule has 100 valence electrons. The highest BCUT2D eigenvalue weighted by Crippen LogP contribution is 2.25. The van der Waals surface area contributed by atoms with Crippen LogP contribution in [0.25, 0.3) is 0 Å². The van der Waals surface area contributed by atoms with Gasteiger partial charge in [-0.2, -0.15) is 0 Å². The van der Waals surface area contributed by atoms with Crippen LogP contribution >= 0.6 is 11.6 Å². The minimum atomic E-state index is 0.231. The van der Waals surface area contributed by atoms with Gasteiger partial charge in [0.15, 0.2) is 0 Å². The Morgan fingerprint density at radius 1 is 1.44 bits per heavy atom. The van der Waals surface area contributed by atoms with Crippen molar-refractivity contribution in [2.75, 3.05) is 6.54 Å². The Kier molecular flexibility index (Phi) is 4.66. The second-order valence-corrected chi connectivity index (χ2v) is 5.89. The molecule has 0 spiro atoms. The zero-order valence-corrected chi connectivity index (χ0v) is 12.1. The summed E-state index contributed by atoms with van der Waals surface area (Å²) in [6.45, 7) is 6.24. The molecule has 2 nitrogen and oxygen atoms in total. The van der Waals surface area contributed by atoms with E-state index in [2.05, 4.69) is 30.9 Å². The molecule has 0 aromatic heterocycles. The molecule has 1 heterocycles. The van der Waals surface area contributed by atoms with Crippen LogP contribution in [0.5, 0.6) is 0 Å². The van der Waals surface area contributed by atoms with E-state index in [0.717, 1.165) is 18.1 Å². The van der Waals surface area contributed by atoms with E-state index in [0.29, 0.717) is 6.04 Å². The van der Waals surface area contributed by atoms with Crippen molar-refractivity contribution in [3.05, 3.63) is 34.3 Å². The molecule has 2 atom stereocenters.